The van der Waals surface area contributed by atoms with Gasteiger partial charge in [-0.25, -0.2) is 0 Å². The highest BCUT2D eigenvalue weighted by Crippen LogP contribution is 2.40. The van der Waals surface area contributed by atoms with Crippen LogP contribution in [0.4, 0.5) is 13.2 Å². The molecule has 0 saturated carbocycles. The predicted molar refractivity (Wildman–Crippen MR) is 35.8 cm³/mol. The molecule has 58 valence electrons. The highest BCUT2D eigenvalue weighted by Gasteiger charge is 2.36. The molecule has 0 amide bonds. The Bertz CT molecular complexity index is 159. The van der Waals surface area contributed by atoms with Crippen LogP contribution in [0.15, 0.2) is 11.0 Å². The lowest BCUT2D eigenvalue weighted by Crippen LogP contribution is -2.07. The lowest BCUT2D eigenvalue weighted by molar-refractivity contribution is -0.0836. The molecule has 1 heterocycles. The van der Waals surface area contributed by atoms with Crippen molar-refractivity contribution in [2.75, 3.05) is 5.75 Å². The Kier molecular flexibility index (Phi) is 1.99. The summed E-state index contributed by atoms with van der Waals surface area (Å²) in [6.45, 7) is 1.78. The molecule has 0 nitrogen and oxygen atoms in total. The molecule has 0 N–H and O–H groups in total. The van der Waals surface area contributed by atoms with E-state index in [1.54, 1.807) is 6.92 Å². The summed E-state index contributed by atoms with van der Waals surface area (Å²) in [7, 11) is 0. The van der Waals surface area contributed by atoms with Crippen molar-refractivity contribution in [3.63, 3.8) is 0 Å². The molecule has 0 bridgehead atoms. The molecular formula is C6H7F3S. The molecule has 0 radical (unpaired) electrons. The van der Waals surface area contributed by atoms with Gasteiger partial charge in [-0.1, -0.05) is 13.0 Å². The molecular weight excluding hydrogens is 161 g/mol. The number of halogens is 3. The van der Waals surface area contributed by atoms with Crippen molar-refractivity contribution in [3.8, 4) is 0 Å². The van der Waals surface area contributed by atoms with Crippen molar-refractivity contribution >= 4 is 11.8 Å². The molecule has 10 heavy (non-hydrogen) atoms. The third-order valence-corrected chi connectivity index (χ3v) is 2.59. The summed E-state index contributed by atoms with van der Waals surface area (Å²) in [5.74, 6) is 0.635. The molecule has 0 fully saturated rings. The Morgan fingerprint density at radius 3 is 2.40 bits per heavy atom. The molecule has 0 aromatic carbocycles. The maximum absolute atomic E-state index is 11.8. The Morgan fingerprint density at radius 2 is 2.20 bits per heavy atom. The second-order valence-electron chi connectivity index (χ2n) is 2.32. The van der Waals surface area contributed by atoms with E-state index < -0.39 is 11.1 Å². The Hall–Kier alpha value is -0.120. The summed E-state index contributed by atoms with van der Waals surface area (Å²) < 4.78 is 35.5. The minimum absolute atomic E-state index is 0.0709. The number of allylic oxidation sites excluding steroid dienone is 2. The SMILES string of the molecule is CC1C=C(C(F)(F)F)SC1. The maximum Gasteiger partial charge on any atom is 0.421 e. The molecule has 1 aliphatic heterocycles. The van der Waals surface area contributed by atoms with Crippen molar-refractivity contribution in [2.24, 2.45) is 5.92 Å². The smallest absolute Gasteiger partial charge is 0.166 e. The number of alkyl halides is 3. The normalized spacial score (nSPS) is 26.8. The highest BCUT2D eigenvalue weighted by atomic mass is 32.2. The third-order valence-electron chi connectivity index (χ3n) is 1.22. The van der Waals surface area contributed by atoms with Gasteiger partial charge in [0.2, 0.25) is 0 Å². The van der Waals surface area contributed by atoms with Gasteiger partial charge in [0.25, 0.3) is 0 Å². The molecule has 1 atom stereocenters. The third kappa shape index (κ3) is 1.68. The van der Waals surface area contributed by atoms with Gasteiger partial charge in [0.15, 0.2) is 0 Å². The van der Waals surface area contributed by atoms with Crippen LogP contribution in [0.1, 0.15) is 6.92 Å². The van der Waals surface area contributed by atoms with Gasteiger partial charge in [0.05, 0.1) is 4.91 Å². The lowest BCUT2D eigenvalue weighted by Gasteiger charge is -2.04. The standard InChI is InChI=1S/C6H7F3S/c1-4-2-5(10-3-4)6(7,8)9/h2,4H,3H2,1H3. The fourth-order valence-corrected chi connectivity index (χ4v) is 1.78. The largest absolute Gasteiger partial charge is 0.421 e. The van der Waals surface area contributed by atoms with E-state index in [2.05, 4.69) is 0 Å². The van der Waals surface area contributed by atoms with Crippen LogP contribution in [-0.4, -0.2) is 11.9 Å². The topological polar surface area (TPSA) is 0 Å². The Labute approximate surface area is 61.5 Å². The van der Waals surface area contributed by atoms with Crippen molar-refractivity contribution in [3.05, 3.63) is 11.0 Å². The molecule has 0 aliphatic carbocycles. The first-order valence-corrected chi connectivity index (χ1v) is 3.90. The molecule has 1 aliphatic rings. The van der Waals surface area contributed by atoms with E-state index in [4.69, 9.17) is 0 Å². The average molecular weight is 168 g/mol. The molecule has 0 saturated heterocycles. The van der Waals surface area contributed by atoms with E-state index in [0.717, 1.165) is 11.8 Å². The molecule has 1 rings (SSSR count). The van der Waals surface area contributed by atoms with E-state index in [1.807, 2.05) is 0 Å². The van der Waals surface area contributed by atoms with Gasteiger partial charge in [-0.3, -0.25) is 0 Å². The molecule has 0 aromatic rings. The van der Waals surface area contributed by atoms with Gasteiger partial charge in [-0.05, 0) is 5.92 Å². The number of hydrogen-bond acceptors (Lipinski definition) is 1. The summed E-state index contributed by atoms with van der Waals surface area (Å²) in [5, 5.41) is 0. The molecule has 0 aromatic heterocycles. The summed E-state index contributed by atoms with van der Waals surface area (Å²) in [6, 6.07) is 0. The first kappa shape index (κ1) is 7.98. The highest BCUT2D eigenvalue weighted by molar-refractivity contribution is 8.03. The minimum Gasteiger partial charge on any atom is -0.166 e. The first-order valence-electron chi connectivity index (χ1n) is 2.92. The van der Waals surface area contributed by atoms with Crippen molar-refractivity contribution < 1.29 is 13.2 Å². The summed E-state index contributed by atoms with van der Waals surface area (Å²) in [5.41, 5.74) is 0. The predicted octanol–water partition coefficient (Wildman–Crippen LogP) is 2.82. The van der Waals surface area contributed by atoms with Crippen LogP contribution in [0.2, 0.25) is 0 Å². The van der Waals surface area contributed by atoms with Gasteiger partial charge in [0.1, 0.15) is 0 Å². The maximum atomic E-state index is 11.8. The van der Waals surface area contributed by atoms with Crippen LogP contribution in [-0.2, 0) is 0 Å². The van der Waals surface area contributed by atoms with Crippen molar-refractivity contribution in [1.29, 1.82) is 0 Å². The summed E-state index contributed by atoms with van der Waals surface area (Å²) in [6.07, 6.45) is -2.83. The van der Waals surface area contributed by atoms with Crippen molar-refractivity contribution in [2.45, 2.75) is 13.1 Å². The molecule has 1 unspecified atom stereocenters. The summed E-state index contributed by atoms with van der Waals surface area (Å²) >= 11 is 0.894. The average Bonchev–Trinajstić information content (AvgIpc) is 2.11. The van der Waals surface area contributed by atoms with Crippen LogP contribution in [0.3, 0.4) is 0 Å². The molecule has 0 spiro atoms. The van der Waals surface area contributed by atoms with E-state index in [9.17, 15) is 13.2 Å². The van der Waals surface area contributed by atoms with Crippen LogP contribution >= 0.6 is 11.8 Å². The van der Waals surface area contributed by atoms with Crippen molar-refractivity contribution in [1.82, 2.24) is 0 Å². The quantitative estimate of drug-likeness (QED) is 0.536. The zero-order chi connectivity index (χ0) is 7.78. The fourth-order valence-electron chi connectivity index (χ4n) is 0.752. The van der Waals surface area contributed by atoms with Crippen LogP contribution < -0.4 is 0 Å². The van der Waals surface area contributed by atoms with Gasteiger partial charge in [-0.2, -0.15) is 13.2 Å². The Balaban J connectivity index is 2.67. The summed E-state index contributed by atoms with van der Waals surface area (Å²) in [4.78, 5) is -0.431. The zero-order valence-corrected chi connectivity index (χ0v) is 6.22. The Morgan fingerprint density at radius 1 is 1.60 bits per heavy atom. The minimum atomic E-state index is -4.12. The van der Waals surface area contributed by atoms with Gasteiger partial charge in [-0.15, -0.1) is 11.8 Å². The second-order valence-corrected chi connectivity index (χ2v) is 3.38. The monoisotopic (exact) mass is 168 g/mol. The van der Waals surface area contributed by atoms with E-state index >= 15 is 0 Å². The van der Waals surface area contributed by atoms with E-state index in [1.165, 1.54) is 6.08 Å². The number of thioether (sulfide) groups is 1. The lowest BCUT2D eigenvalue weighted by atomic mass is 10.2. The zero-order valence-electron chi connectivity index (χ0n) is 5.40. The van der Waals surface area contributed by atoms with Gasteiger partial charge < -0.3 is 0 Å². The number of rotatable bonds is 0. The van der Waals surface area contributed by atoms with Crippen LogP contribution in [0.5, 0.6) is 0 Å². The van der Waals surface area contributed by atoms with Gasteiger partial charge in [0, 0.05) is 5.75 Å². The number of hydrogen-bond donors (Lipinski definition) is 0. The van der Waals surface area contributed by atoms with Crippen LogP contribution in [0, 0.1) is 5.92 Å². The van der Waals surface area contributed by atoms with E-state index in [-0.39, 0.29) is 5.92 Å². The second kappa shape index (κ2) is 2.49. The van der Waals surface area contributed by atoms with E-state index in [0.29, 0.717) is 5.75 Å². The molecule has 4 heteroatoms. The first-order chi connectivity index (χ1) is 4.50. The van der Waals surface area contributed by atoms with Gasteiger partial charge >= 0.3 is 6.18 Å². The van der Waals surface area contributed by atoms with Crippen LogP contribution in [0.25, 0.3) is 0 Å². The fraction of sp³-hybridized carbons (Fsp3) is 0.667.